The van der Waals surface area contributed by atoms with Crippen molar-refractivity contribution in [2.24, 2.45) is 0 Å². The summed E-state index contributed by atoms with van der Waals surface area (Å²) in [5.74, 6) is 0. The van der Waals surface area contributed by atoms with Crippen molar-refractivity contribution in [2.75, 3.05) is 0 Å². The van der Waals surface area contributed by atoms with Crippen LogP contribution < -0.4 is 4.72 Å². The normalized spacial score (nSPS) is 12.8. The summed E-state index contributed by atoms with van der Waals surface area (Å²) in [6.07, 6.45) is 0. The number of hydrogen-bond acceptors (Lipinski definition) is 4. The van der Waals surface area contributed by atoms with Crippen molar-refractivity contribution in [3.05, 3.63) is 69.2 Å². The Kier molecular flexibility index (Phi) is 4.80. The van der Waals surface area contributed by atoms with Crippen LogP contribution in [0.4, 0.5) is 5.69 Å². The molecule has 0 fully saturated rings. The van der Waals surface area contributed by atoms with Gasteiger partial charge in [0.2, 0.25) is 10.0 Å². The van der Waals surface area contributed by atoms with E-state index in [1.165, 1.54) is 18.2 Å². The Morgan fingerprint density at radius 1 is 1.18 bits per heavy atom. The minimum absolute atomic E-state index is 0.157. The first kappa shape index (κ1) is 16.4. The molecule has 0 heterocycles. The summed E-state index contributed by atoms with van der Waals surface area (Å²) in [5.41, 5.74) is 0.416. The van der Waals surface area contributed by atoms with Crippen molar-refractivity contribution < 1.29 is 13.3 Å². The number of nitrogens with zero attached hydrogens (tertiary/aromatic N) is 1. The lowest BCUT2D eigenvalue weighted by Crippen LogP contribution is -2.26. The summed E-state index contributed by atoms with van der Waals surface area (Å²) in [6, 6.07) is 11.2. The molecule has 0 aliphatic carbocycles. The zero-order valence-corrected chi connectivity index (χ0v) is 13.1. The van der Waals surface area contributed by atoms with E-state index in [2.05, 4.69) is 4.72 Å². The third-order valence-corrected chi connectivity index (χ3v) is 4.79. The number of nitro groups is 1. The highest BCUT2D eigenvalue weighted by Crippen LogP contribution is 2.22. The fourth-order valence-electron chi connectivity index (χ4n) is 1.91. The Bertz CT molecular complexity index is 808. The van der Waals surface area contributed by atoms with Gasteiger partial charge in [-0.3, -0.25) is 10.1 Å². The average molecular weight is 341 g/mol. The molecular weight excluding hydrogens is 328 g/mol. The molecule has 2 aromatic carbocycles. The maximum atomic E-state index is 12.3. The predicted octanol–water partition coefficient (Wildman–Crippen LogP) is 3.29. The minimum Gasteiger partial charge on any atom is -0.258 e. The van der Waals surface area contributed by atoms with Crippen molar-refractivity contribution in [3.63, 3.8) is 0 Å². The predicted molar refractivity (Wildman–Crippen MR) is 83.3 cm³/mol. The molecule has 0 spiro atoms. The molecule has 0 aromatic heterocycles. The maximum absolute atomic E-state index is 12.3. The van der Waals surface area contributed by atoms with Crippen molar-refractivity contribution in [2.45, 2.75) is 17.9 Å². The van der Waals surface area contributed by atoms with Gasteiger partial charge >= 0.3 is 0 Å². The molecule has 0 amide bonds. The van der Waals surface area contributed by atoms with Crippen molar-refractivity contribution in [3.8, 4) is 0 Å². The van der Waals surface area contributed by atoms with Gasteiger partial charge in [-0.05, 0) is 30.7 Å². The highest BCUT2D eigenvalue weighted by Gasteiger charge is 2.20. The van der Waals surface area contributed by atoms with Crippen LogP contribution >= 0.6 is 11.6 Å². The molecule has 6 nitrogen and oxygen atoms in total. The van der Waals surface area contributed by atoms with Crippen LogP contribution in [0.5, 0.6) is 0 Å². The number of non-ortho nitro benzene ring substituents is 1. The maximum Gasteiger partial charge on any atom is 0.270 e. The molecule has 0 saturated heterocycles. The first-order valence-electron chi connectivity index (χ1n) is 6.32. The Labute approximate surface area is 132 Å². The van der Waals surface area contributed by atoms with Gasteiger partial charge in [-0.2, -0.15) is 0 Å². The van der Waals surface area contributed by atoms with Crippen molar-refractivity contribution in [1.82, 2.24) is 4.72 Å². The van der Waals surface area contributed by atoms with Gasteiger partial charge in [0.1, 0.15) is 0 Å². The lowest BCUT2D eigenvalue weighted by Gasteiger charge is -2.15. The molecule has 1 N–H and O–H groups in total. The summed E-state index contributed by atoms with van der Waals surface area (Å²) in [7, 11) is -3.87. The number of nitrogens with one attached hydrogen (secondary N) is 1. The van der Waals surface area contributed by atoms with Gasteiger partial charge in [-0.15, -0.1) is 0 Å². The lowest BCUT2D eigenvalue weighted by atomic mass is 10.1. The second kappa shape index (κ2) is 6.43. The van der Waals surface area contributed by atoms with Crippen LogP contribution in [0, 0.1) is 10.1 Å². The van der Waals surface area contributed by atoms with Gasteiger partial charge in [-0.1, -0.05) is 29.8 Å². The molecule has 22 heavy (non-hydrogen) atoms. The van der Waals surface area contributed by atoms with E-state index in [0.717, 1.165) is 6.07 Å². The van der Waals surface area contributed by atoms with E-state index in [1.54, 1.807) is 31.2 Å². The smallest absolute Gasteiger partial charge is 0.258 e. The summed E-state index contributed by atoms with van der Waals surface area (Å²) >= 11 is 5.88. The molecule has 0 aliphatic heterocycles. The molecule has 2 rings (SSSR count). The van der Waals surface area contributed by atoms with Crippen LogP contribution in [0.15, 0.2) is 53.4 Å². The summed E-state index contributed by atoms with van der Waals surface area (Å²) in [4.78, 5) is 9.94. The quantitative estimate of drug-likeness (QED) is 0.668. The molecule has 8 heteroatoms. The molecule has 116 valence electrons. The van der Waals surface area contributed by atoms with E-state index < -0.39 is 21.0 Å². The summed E-state index contributed by atoms with van der Waals surface area (Å²) < 4.78 is 27.1. The third-order valence-electron chi connectivity index (χ3n) is 3.02. The number of sulfonamides is 1. The first-order valence-corrected chi connectivity index (χ1v) is 8.18. The van der Waals surface area contributed by atoms with E-state index in [4.69, 9.17) is 11.6 Å². The van der Waals surface area contributed by atoms with Gasteiger partial charge in [0.25, 0.3) is 5.69 Å². The largest absolute Gasteiger partial charge is 0.270 e. The fraction of sp³-hybridized carbons (Fsp3) is 0.143. The third kappa shape index (κ3) is 3.82. The zero-order chi connectivity index (χ0) is 16.3. The molecule has 1 atom stereocenters. The van der Waals surface area contributed by atoms with E-state index in [9.17, 15) is 18.5 Å². The minimum atomic E-state index is -3.87. The van der Waals surface area contributed by atoms with Crippen LogP contribution in [0.25, 0.3) is 0 Å². The van der Waals surface area contributed by atoms with Gasteiger partial charge < -0.3 is 0 Å². The Balaban J connectivity index is 2.27. The first-order chi connectivity index (χ1) is 10.3. The van der Waals surface area contributed by atoms with Crippen LogP contribution in [0.2, 0.25) is 5.02 Å². The Morgan fingerprint density at radius 2 is 1.86 bits per heavy atom. The van der Waals surface area contributed by atoms with Crippen LogP contribution in [0.3, 0.4) is 0 Å². The van der Waals surface area contributed by atoms with Crippen LogP contribution in [-0.4, -0.2) is 13.3 Å². The van der Waals surface area contributed by atoms with Crippen molar-refractivity contribution >= 4 is 27.3 Å². The van der Waals surface area contributed by atoms with E-state index in [0.29, 0.717) is 10.6 Å². The number of rotatable bonds is 5. The van der Waals surface area contributed by atoms with E-state index in [-0.39, 0.29) is 10.6 Å². The van der Waals surface area contributed by atoms with E-state index in [1.807, 2.05) is 0 Å². The van der Waals surface area contributed by atoms with Gasteiger partial charge in [0.05, 0.1) is 9.82 Å². The monoisotopic (exact) mass is 340 g/mol. The summed E-state index contributed by atoms with van der Waals surface area (Å²) in [6.45, 7) is 1.67. The number of nitro benzene ring substituents is 1. The SMILES string of the molecule is CC(NS(=O)(=O)c1cccc([N+](=O)[O-])c1)c1cccc(Cl)c1. The zero-order valence-electron chi connectivity index (χ0n) is 11.6. The van der Waals surface area contributed by atoms with Crippen LogP contribution in [-0.2, 0) is 10.0 Å². The second-order valence-corrected chi connectivity index (χ2v) is 6.80. The number of benzene rings is 2. The van der Waals surface area contributed by atoms with E-state index >= 15 is 0 Å². The number of halogens is 1. The van der Waals surface area contributed by atoms with Crippen molar-refractivity contribution in [1.29, 1.82) is 0 Å². The Morgan fingerprint density at radius 3 is 2.50 bits per heavy atom. The second-order valence-electron chi connectivity index (χ2n) is 4.65. The average Bonchev–Trinajstić information content (AvgIpc) is 2.47. The number of hydrogen-bond donors (Lipinski definition) is 1. The molecule has 0 radical (unpaired) electrons. The highest BCUT2D eigenvalue weighted by atomic mass is 35.5. The molecular formula is C14H13ClN2O4S. The molecule has 0 saturated carbocycles. The molecule has 0 aliphatic rings. The van der Waals surface area contributed by atoms with Gasteiger partial charge in [0, 0.05) is 23.2 Å². The molecule has 0 bridgehead atoms. The highest BCUT2D eigenvalue weighted by molar-refractivity contribution is 7.89. The van der Waals surface area contributed by atoms with Gasteiger partial charge in [0.15, 0.2) is 0 Å². The van der Waals surface area contributed by atoms with Crippen LogP contribution in [0.1, 0.15) is 18.5 Å². The topological polar surface area (TPSA) is 89.3 Å². The lowest BCUT2D eigenvalue weighted by molar-refractivity contribution is -0.385. The fourth-order valence-corrected chi connectivity index (χ4v) is 3.38. The standard InChI is InChI=1S/C14H13ClN2O4S/c1-10(11-4-2-5-12(15)8-11)16-22(20,21)14-7-3-6-13(9-14)17(18)19/h2-10,16H,1H3. The summed E-state index contributed by atoms with van der Waals surface area (Å²) in [5, 5.41) is 11.2. The molecule has 1 unspecified atom stereocenters. The Hall–Kier alpha value is -1.96. The molecule has 2 aromatic rings. The van der Waals surface area contributed by atoms with Gasteiger partial charge in [-0.25, -0.2) is 13.1 Å².